The minimum Gasteiger partial charge on any atom is -0.481 e. The Morgan fingerprint density at radius 3 is 2.45 bits per heavy atom. The number of carbonyl (C=O) groups excluding carboxylic acids is 1. The number of anilines is 2. The lowest BCUT2D eigenvalue weighted by Gasteiger charge is -2.48. The monoisotopic (exact) mass is 464 g/mol. The Bertz CT molecular complexity index is 952. The highest BCUT2D eigenvalue weighted by atomic mass is 35.5. The standard InChI is InChI=1S/C22H26Cl2N4O3/c1-13(2)7-17-11-27(20(29)9-21(30)31)12-19(14-3-5-15(23)6-4-14)28(17)22-18(25)8-16(24)10-26-22/h3-6,8,10,13,17,19H,7,9,11-12,25H2,1-2H3,(H,30,31)/t17?,19-/m0/s1. The Morgan fingerprint density at radius 1 is 1.19 bits per heavy atom. The first-order chi connectivity index (χ1) is 14.7. The number of carboxylic acid groups (broad SMARTS) is 1. The van der Waals surface area contributed by atoms with Crippen molar-refractivity contribution in [2.24, 2.45) is 5.92 Å². The van der Waals surface area contributed by atoms with Crippen LogP contribution in [0, 0.1) is 5.92 Å². The van der Waals surface area contributed by atoms with E-state index in [2.05, 4.69) is 23.7 Å². The number of hydrogen-bond donors (Lipinski definition) is 2. The van der Waals surface area contributed by atoms with E-state index in [-0.39, 0.29) is 12.1 Å². The maximum absolute atomic E-state index is 12.7. The quantitative estimate of drug-likeness (QED) is 0.619. The summed E-state index contributed by atoms with van der Waals surface area (Å²) in [6.45, 7) is 4.91. The summed E-state index contributed by atoms with van der Waals surface area (Å²) >= 11 is 12.2. The fourth-order valence-electron chi connectivity index (χ4n) is 4.08. The topological polar surface area (TPSA) is 99.8 Å². The molecule has 1 fully saturated rings. The minimum atomic E-state index is -1.14. The van der Waals surface area contributed by atoms with E-state index in [4.69, 9.17) is 34.0 Å². The van der Waals surface area contributed by atoms with Gasteiger partial charge in [-0.3, -0.25) is 9.59 Å². The molecule has 2 heterocycles. The second-order valence-corrected chi connectivity index (χ2v) is 9.07. The number of aliphatic carboxylic acids is 1. The first-order valence-corrected chi connectivity index (χ1v) is 10.9. The van der Waals surface area contributed by atoms with Crippen LogP contribution in [-0.4, -0.2) is 46.0 Å². The SMILES string of the molecule is CC(C)CC1CN(C(=O)CC(=O)O)C[C@@H](c2ccc(Cl)cc2)N1c1ncc(Cl)cc1N. The van der Waals surface area contributed by atoms with Crippen molar-refractivity contribution in [1.82, 2.24) is 9.88 Å². The number of carbonyl (C=O) groups is 2. The maximum atomic E-state index is 12.7. The molecule has 2 atom stereocenters. The zero-order valence-electron chi connectivity index (χ0n) is 17.5. The highest BCUT2D eigenvalue weighted by Gasteiger charge is 2.39. The molecule has 166 valence electrons. The van der Waals surface area contributed by atoms with Crippen LogP contribution < -0.4 is 10.6 Å². The molecule has 1 aliphatic heterocycles. The smallest absolute Gasteiger partial charge is 0.312 e. The van der Waals surface area contributed by atoms with Gasteiger partial charge in [0.25, 0.3) is 0 Å². The lowest BCUT2D eigenvalue weighted by Crippen LogP contribution is -2.57. The van der Waals surface area contributed by atoms with Crippen LogP contribution >= 0.6 is 23.2 Å². The summed E-state index contributed by atoms with van der Waals surface area (Å²) < 4.78 is 0. The number of nitrogen functional groups attached to an aromatic ring is 1. The van der Waals surface area contributed by atoms with E-state index in [1.165, 1.54) is 0 Å². The number of piperazine rings is 1. The number of nitrogens with two attached hydrogens (primary N) is 1. The maximum Gasteiger partial charge on any atom is 0.312 e. The number of hydrogen-bond acceptors (Lipinski definition) is 5. The molecule has 1 amide bonds. The van der Waals surface area contributed by atoms with Crippen LogP contribution in [0.15, 0.2) is 36.5 Å². The van der Waals surface area contributed by atoms with Gasteiger partial charge in [0.1, 0.15) is 6.42 Å². The molecule has 2 aromatic rings. The van der Waals surface area contributed by atoms with E-state index in [1.54, 1.807) is 29.3 Å². The Labute approximate surface area is 191 Å². The summed E-state index contributed by atoms with van der Waals surface area (Å²) in [6, 6.07) is 8.68. The minimum absolute atomic E-state index is 0.108. The Balaban J connectivity index is 2.08. The summed E-state index contributed by atoms with van der Waals surface area (Å²) in [5.74, 6) is -0.613. The predicted molar refractivity (Wildman–Crippen MR) is 122 cm³/mol. The van der Waals surface area contributed by atoms with E-state index in [0.29, 0.717) is 40.6 Å². The van der Waals surface area contributed by atoms with E-state index < -0.39 is 18.3 Å². The summed E-state index contributed by atoms with van der Waals surface area (Å²) in [7, 11) is 0. The average molecular weight is 465 g/mol. The molecule has 1 unspecified atom stereocenters. The van der Waals surface area contributed by atoms with Crippen LogP contribution in [-0.2, 0) is 9.59 Å². The van der Waals surface area contributed by atoms with E-state index >= 15 is 0 Å². The number of amides is 1. The number of rotatable bonds is 6. The van der Waals surface area contributed by atoms with E-state index in [1.807, 2.05) is 12.1 Å². The molecule has 1 aromatic heterocycles. The number of halogens is 2. The normalized spacial score (nSPS) is 19.0. The van der Waals surface area contributed by atoms with Gasteiger partial charge in [-0.25, -0.2) is 4.98 Å². The first-order valence-electron chi connectivity index (χ1n) is 10.1. The number of pyridine rings is 1. The Morgan fingerprint density at radius 2 is 1.87 bits per heavy atom. The molecular formula is C22H26Cl2N4O3. The highest BCUT2D eigenvalue weighted by Crippen LogP contribution is 2.38. The second kappa shape index (κ2) is 9.75. The number of benzene rings is 1. The van der Waals surface area contributed by atoms with Crippen LogP contribution in [0.3, 0.4) is 0 Å². The van der Waals surface area contributed by atoms with Gasteiger partial charge >= 0.3 is 5.97 Å². The molecular weight excluding hydrogens is 439 g/mol. The van der Waals surface area contributed by atoms with Gasteiger partial charge in [-0.15, -0.1) is 0 Å². The van der Waals surface area contributed by atoms with Gasteiger partial charge in [0.05, 0.1) is 16.8 Å². The van der Waals surface area contributed by atoms with E-state index in [0.717, 1.165) is 12.0 Å². The average Bonchev–Trinajstić information content (AvgIpc) is 2.68. The van der Waals surface area contributed by atoms with Crippen LogP contribution in [0.25, 0.3) is 0 Å². The van der Waals surface area contributed by atoms with E-state index in [9.17, 15) is 9.59 Å². The molecule has 1 aromatic carbocycles. The molecule has 0 aliphatic carbocycles. The molecule has 0 bridgehead atoms. The predicted octanol–water partition coefficient (Wildman–Crippen LogP) is 4.25. The van der Waals surface area contributed by atoms with Gasteiger partial charge in [0, 0.05) is 30.4 Å². The second-order valence-electron chi connectivity index (χ2n) is 8.19. The van der Waals surface area contributed by atoms with Crippen molar-refractivity contribution in [3.05, 3.63) is 52.1 Å². The molecule has 0 spiro atoms. The molecule has 3 rings (SSSR count). The van der Waals surface area contributed by atoms with Gasteiger partial charge in [0.15, 0.2) is 5.82 Å². The Hall–Kier alpha value is -2.51. The summed E-state index contributed by atoms with van der Waals surface area (Å²) in [5, 5.41) is 10.2. The van der Waals surface area contributed by atoms with Gasteiger partial charge in [-0.05, 0) is 36.1 Å². The summed E-state index contributed by atoms with van der Waals surface area (Å²) in [5.41, 5.74) is 7.68. The lowest BCUT2D eigenvalue weighted by molar-refractivity contribution is -0.144. The van der Waals surface area contributed by atoms with Gasteiger partial charge < -0.3 is 20.6 Å². The van der Waals surface area contributed by atoms with Crippen LogP contribution in [0.5, 0.6) is 0 Å². The van der Waals surface area contributed by atoms with Crippen molar-refractivity contribution in [2.45, 2.75) is 38.8 Å². The highest BCUT2D eigenvalue weighted by molar-refractivity contribution is 6.31. The van der Waals surface area contributed by atoms with Crippen molar-refractivity contribution in [1.29, 1.82) is 0 Å². The number of aromatic nitrogens is 1. The zero-order valence-corrected chi connectivity index (χ0v) is 19.0. The molecule has 9 heteroatoms. The van der Waals surface area contributed by atoms with Crippen molar-refractivity contribution in [3.63, 3.8) is 0 Å². The summed E-state index contributed by atoms with van der Waals surface area (Å²) in [4.78, 5) is 32.1. The molecule has 0 radical (unpaired) electrons. The lowest BCUT2D eigenvalue weighted by atomic mass is 9.93. The molecule has 7 nitrogen and oxygen atoms in total. The van der Waals surface area contributed by atoms with Crippen LogP contribution in [0.1, 0.15) is 38.3 Å². The fourth-order valence-corrected chi connectivity index (χ4v) is 4.37. The first kappa shape index (κ1) is 23.2. The molecule has 31 heavy (non-hydrogen) atoms. The molecule has 1 saturated heterocycles. The third-order valence-electron chi connectivity index (χ3n) is 5.31. The van der Waals surface area contributed by atoms with Crippen molar-refractivity contribution in [3.8, 4) is 0 Å². The third-order valence-corrected chi connectivity index (χ3v) is 5.77. The van der Waals surface area contributed by atoms with Gasteiger partial charge in [0.2, 0.25) is 5.91 Å². The third kappa shape index (κ3) is 5.60. The Kier molecular flexibility index (Phi) is 7.28. The molecule has 0 saturated carbocycles. The number of nitrogens with zero attached hydrogens (tertiary/aromatic N) is 3. The van der Waals surface area contributed by atoms with Gasteiger partial charge in [-0.2, -0.15) is 0 Å². The largest absolute Gasteiger partial charge is 0.481 e. The van der Waals surface area contributed by atoms with Gasteiger partial charge in [-0.1, -0.05) is 49.2 Å². The summed E-state index contributed by atoms with van der Waals surface area (Å²) in [6.07, 6.45) is 1.79. The van der Waals surface area contributed by atoms with Crippen LogP contribution in [0.2, 0.25) is 10.0 Å². The zero-order chi connectivity index (χ0) is 22.7. The fraction of sp³-hybridized carbons (Fsp3) is 0.409. The molecule has 1 aliphatic rings. The van der Waals surface area contributed by atoms with Crippen molar-refractivity contribution in [2.75, 3.05) is 23.7 Å². The number of carboxylic acids is 1. The van der Waals surface area contributed by atoms with Crippen LogP contribution in [0.4, 0.5) is 11.5 Å². The van der Waals surface area contributed by atoms with Crippen molar-refractivity contribution < 1.29 is 14.7 Å². The van der Waals surface area contributed by atoms with Crippen molar-refractivity contribution >= 4 is 46.6 Å². The molecule has 3 N–H and O–H groups in total.